The van der Waals surface area contributed by atoms with E-state index in [4.69, 9.17) is 4.42 Å². The second kappa shape index (κ2) is 8.38. The summed E-state index contributed by atoms with van der Waals surface area (Å²) in [5.41, 5.74) is 2.39. The predicted molar refractivity (Wildman–Crippen MR) is 106 cm³/mol. The monoisotopic (exact) mass is 394 g/mol. The average molecular weight is 394 g/mol. The fourth-order valence-electron chi connectivity index (χ4n) is 3.28. The van der Waals surface area contributed by atoms with Crippen LogP contribution in [0.15, 0.2) is 51.9 Å². The van der Waals surface area contributed by atoms with Crippen molar-refractivity contribution in [1.29, 1.82) is 0 Å². The van der Waals surface area contributed by atoms with E-state index in [0.29, 0.717) is 37.6 Å². The van der Waals surface area contributed by atoms with Gasteiger partial charge < -0.3 is 14.5 Å². The SMILES string of the molecule is Cc1ccc2cc(CN(CCO)Cc3nnnn3Cc3ccco3)c(=O)[nH]c2c1. The minimum absolute atomic E-state index is 0.0373. The van der Waals surface area contributed by atoms with E-state index in [2.05, 4.69) is 20.5 Å². The molecule has 0 atom stereocenters. The molecule has 0 fully saturated rings. The molecule has 0 bridgehead atoms. The molecule has 4 aromatic rings. The Morgan fingerprint density at radius 1 is 1.24 bits per heavy atom. The van der Waals surface area contributed by atoms with Crippen LogP contribution >= 0.6 is 0 Å². The van der Waals surface area contributed by atoms with Crippen molar-refractivity contribution >= 4 is 10.9 Å². The van der Waals surface area contributed by atoms with E-state index in [1.54, 1.807) is 10.9 Å². The van der Waals surface area contributed by atoms with Crippen molar-refractivity contribution in [3.05, 3.63) is 75.7 Å². The molecule has 0 amide bonds. The van der Waals surface area contributed by atoms with Crippen molar-refractivity contribution in [2.24, 2.45) is 0 Å². The summed E-state index contributed by atoms with van der Waals surface area (Å²) in [6, 6.07) is 11.5. The Morgan fingerprint density at radius 3 is 2.93 bits per heavy atom. The molecule has 0 aliphatic rings. The molecule has 0 saturated carbocycles. The third-order valence-corrected chi connectivity index (χ3v) is 4.75. The van der Waals surface area contributed by atoms with Crippen LogP contribution in [-0.4, -0.2) is 48.3 Å². The van der Waals surface area contributed by atoms with Gasteiger partial charge in [0, 0.05) is 24.2 Å². The molecule has 3 heterocycles. The van der Waals surface area contributed by atoms with Crippen molar-refractivity contribution < 1.29 is 9.52 Å². The molecule has 0 aliphatic heterocycles. The van der Waals surface area contributed by atoms with E-state index in [0.717, 1.165) is 22.2 Å². The Bertz CT molecular complexity index is 1150. The molecular formula is C20H22N6O3. The van der Waals surface area contributed by atoms with Crippen LogP contribution < -0.4 is 5.56 Å². The summed E-state index contributed by atoms with van der Waals surface area (Å²) in [6.07, 6.45) is 1.60. The van der Waals surface area contributed by atoms with Crippen LogP contribution in [-0.2, 0) is 19.6 Å². The summed E-state index contributed by atoms with van der Waals surface area (Å²) in [5, 5.41) is 22.3. The number of H-pyrrole nitrogens is 1. The Labute approximate surface area is 166 Å². The van der Waals surface area contributed by atoms with Crippen LogP contribution in [0.1, 0.15) is 22.7 Å². The van der Waals surface area contributed by atoms with Gasteiger partial charge in [-0.1, -0.05) is 12.1 Å². The summed E-state index contributed by atoms with van der Waals surface area (Å²) in [6.45, 7) is 3.51. The minimum Gasteiger partial charge on any atom is -0.467 e. The third kappa shape index (κ3) is 4.41. The Morgan fingerprint density at radius 2 is 2.14 bits per heavy atom. The van der Waals surface area contributed by atoms with Crippen LogP contribution in [0.4, 0.5) is 0 Å². The van der Waals surface area contributed by atoms with Gasteiger partial charge in [-0.05, 0) is 52.6 Å². The van der Waals surface area contributed by atoms with Crippen molar-refractivity contribution in [3.63, 3.8) is 0 Å². The quantitative estimate of drug-likeness (QED) is 0.465. The van der Waals surface area contributed by atoms with E-state index >= 15 is 0 Å². The number of fused-ring (bicyclic) bond motifs is 1. The summed E-state index contributed by atoms with van der Waals surface area (Å²) in [7, 11) is 0. The highest BCUT2D eigenvalue weighted by atomic mass is 16.3. The fraction of sp³-hybridized carbons (Fsp3) is 0.300. The fourth-order valence-corrected chi connectivity index (χ4v) is 3.28. The Balaban J connectivity index is 1.55. The number of furan rings is 1. The van der Waals surface area contributed by atoms with Crippen molar-refractivity contribution in [2.75, 3.05) is 13.2 Å². The first-order valence-electron chi connectivity index (χ1n) is 9.35. The number of hydrogen-bond donors (Lipinski definition) is 2. The van der Waals surface area contributed by atoms with Gasteiger partial charge in [0.05, 0.1) is 19.4 Å². The summed E-state index contributed by atoms with van der Waals surface area (Å²) in [4.78, 5) is 17.4. The highest BCUT2D eigenvalue weighted by molar-refractivity contribution is 5.79. The number of aromatic amines is 1. The molecule has 9 nitrogen and oxygen atoms in total. The molecule has 150 valence electrons. The number of aliphatic hydroxyl groups is 1. The van der Waals surface area contributed by atoms with Crippen molar-refractivity contribution in [3.8, 4) is 0 Å². The zero-order valence-corrected chi connectivity index (χ0v) is 16.1. The highest BCUT2D eigenvalue weighted by Gasteiger charge is 2.15. The summed E-state index contributed by atoms with van der Waals surface area (Å²) < 4.78 is 7.01. The molecule has 0 radical (unpaired) electrons. The zero-order valence-electron chi connectivity index (χ0n) is 16.1. The van der Waals surface area contributed by atoms with Gasteiger partial charge >= 0.3 is 0 Å². The molecule has 29 heavy (non-hydrogen) atoms. The standard InChI is InChI=1S/C20H22N6O3/c1-14-4-5-15-10-16(20(28)21-18(15)9-14)11-25(6-7-27)13-19-22-23-24-26(19)12-17-3-2-8-29-17/h2-5,8-10,27H,6-7,11-13H2,1H3,(H,21,28). The smallest absolute Gasteiger partial charge is 0.252 e. The van der Waals surface area contributed by atoms with Crippen molar-refractivity contribution in [1.82, 2.24) is 30.1 Å². The third-order valence-electron chi connectivity index (χ3n) is 4.75. The number of nitrogens with zero attached hydrogens (tertiary/aromatic N) is 5. The van der Waals surface area contributed by atoms with E-state index in [1.165, 1.54) is 0 Å². The van der Waals surface area contributed by atoms with Crippen LogP contribution in [0, 0.1) is 6.92 Å². The topological polar surface area (TPSA) is 113 Å². The zero-order chi connectivity index (χ0) is 20.2. The minimum atomic E-state index is -0.138. The average Bonchev–Trinajstić information content (AvgIpc) is 3.35. The maximum Gasteiger partial charge on any atom is 0.252 e. The molecule has 3 aromatic heterocycles. The first-order valence-corrected chi connectivity index (χ1v) is 9.35. The van der Waals surface area contributed by atoms with E-state index in [1.807, 2.05) is 48.2 Å². The lowest BCUT2D eigenvalue weighted by molar-refractivity contribution is 0.178. The predicted octanol–water partition coefficient (Wildman–Crippen LogP) is 1.46. The van der Waals surface area contributed by atoms with Gasteiger partial charge in [-0.2, -0.15) is 0 Å². The molecule has 9 heteroatoms. The number of aromatic nitrogens is 5. The van der Waals surface area contributed by atoms with Gasteiger partial charge in [-0.3, -0.25) is 9.69 Å². The van der Waals surface area contributed by atoms with Gasteiger partial charge in [0.15, 0.2) is 5.82 Å². The largest absolute Gasteiger partial charge is 0.467 e. The molecule has 4 rings (SSSR count). The number of hydrogen-bond acceptors (Lipinski definition) is 7. The summed E-state index contributed by atoms with van der Waals surface area (Å²) in [5.74, 6) is 1.37. The van der Waals surface area contributed by atoms with E-state index in [-0.39, 0.29) is 12.2 Å². The van der Waals surface area contributed by atoms with Gasteiger partial charge in [-0.25, -0.2) is 4.68 Å². The highest BCUT2D eigenvalue weighted by Crippen LogP contribution is 2.15. The molecule has 0 saturated heterocycles. The van der Waals surface area contributed by atoms with Gasteiger partial charge in [0.2, 0.25) is 0 Å². The Kier molecular flexibility index (Phi) is 5.50. The van der Waals surface area contributed by atoms with Crippen molar-refractivity contribution in [2.45, 2.75) is 26.6 Å². The number of aliphatic hydroxyl groups excluding tert-OH is 1. The number of nitrogens with one attached hydrogen (secondary N) is 1. The number of rotatable bonds is 8. The number of pyridine rings is 1. The second-order valence-electron chi connectivity index (χ2n) is 6.98. The van der Waals surface area contributed by atoms with Crippen LogP contribution in [0.2, 0.25) is 0 Å². The molecule has 0 aliphatic carbocycles. The van der Waals surface area contributed by atoms with E-state index in [9.17, 15) is 9.90 Å². The van der Waals surface area contributed by atoms with Crippen LogP contribution in [0.25, 0.3) is 10.9 Å². The normalized spacial score (nSPS) is 11.6. The maximum absolute atomic E-state index is 12.6. The lowest BCUT2D eigenvalue weighted by atomic mass is 10.1. The lowest BCUT2D eigenvalue weighted by Gasteiger charge is -2.20. The molecule has 0 spiro atoms. The number of aryl methyl sites for hydroxylation is 1. The second-order valence-corrected chi connectivity index (χ2v) is 6.98. The van der Waals surface area contributed by atoms with Crippen LogP contribution in [0.5, 0.6) is 0 Å². The number of benzene rings is 1. The first kappa shape index (κ1) is 19.0. The van der Waals surface area contributed by atoms with E-state index < -0.39 is 0 Å². The van der Waals surface area contributed by atoms with Gasteiger partial charge in [-0.15, -0.1) is 5.10 Å². The maximum atomic E-state index is 12.6. The van der Waals surface area contributed by atoms with Crippen LogP contribution in [0.3, 0.4) is 0 Å². The van der Waals surface area contributed by atoms with Gasteiger partial charge in [0.25, 0.3) is 5.56 Å². The summed E-state index contributed by atoms with van der Waals surface area (Å²) >= 11 is 0. The number of tetrazole rings is 1. The molecule has 1 aromatic carbocycles. The lowest BCUT2D eigenvalue weighted by Crippen LogP contribution is -2.30. The molecular weight excluding hydrogens is 372 g/mol. The first-order chi connectivity index (χ1) is 14.1. The van der Waals surface area contributed by atoms with Gasteiger partial charge in [0.1, 0.15) is 12.3 Å². The Hall–Kier alpha value is -3.30. The molecule has 0 unspecified atom stereocenters. The molecule has 2 N–H and O–H groups in total.